The lowest BCUT2D eigenvalue weighted by molar-refractivity contribution is 0.262. The van der Waals surface area contributed by atoms with Gasteiger partial charge in [-0.2, -0.15) is 4.98 Å². The topological polar surface area (TPSA) is 103 Å². The number of urea groups is 1. The van der Waals surface area contributed by atoms with Crippen LogP contribution < -0.4 is 20.1 Å². The summed E-state index contributed by atoms with van der Waals surface area (Å²) in [6.07, 6.45) is 5.12. The zero-order chi connectivity index (χ0) is 21.6. The van der Waals surface area contributed by atoms with Gasteiger partial charge in [0.15, 0.2) is 0 Å². The van der Waals surface area contributed by atoms with Crippen LogP contribution in [0.15, 0.2) is 73.3 Å². The number of aryl methyl sites for hydroxylation is 1. The maximum absolute atomic E-state index is 12.3. The van der Waals surface area contributed by atoms with Crippen LogP contribution in [0.3, 0.4) is 0 Å². The lowest BCUT2D eigenvalue weighted by Crippen LogP contribution is -2.19. The number of anilines is 2. The number of carbonyl (C=O) groups is 1. The molecule has 9 nitrogen and oxygen atoms in total. The molecule has 156 valence electrons. The first-order chi connectivity index (χ1) is 15.1. The summed E-state index contributed by atoms with van der Waals surface area (Å²) in [6.45, 7) is 1.79. The minimum Gasteiger partial charge on any atom is -0.495 e. The van der Waals surface area contributed by atoms with E-state index in [1.807, 2.05) is 12.1 Å². The third kappa shape index (κ3) is 4.96. The molecule has 2 amide bonds. The van der Waals surface area contributed by atoms with Crippen LogP contribution in [0.4, 0.5) is 16.2 Å². The highest BCUT2D eigenvalue weighted by Crippen LogP contribution is 2.25. The van der Waals surface area contributed by atoms with E-state index in [1.54, 1.807) is 79.8 Å². The molecule has 4 rings (SSSR count). The monoisotopic (exact) mass is 416 g/mol. The molecule has 2 heterocycles. The zero-order valence-electron chi connectivity index (χ0n) is 16.9. The van der Waals surface area contributed by atoms with Gasteiger partial charge in [0.05, 0.1) is 12.8 Å². The Morgan fingerprint density at radius 2 is 1.84 bits per heavy atom. The molecule has 0 bridgehead atoms. The molecule has 0 aliphatic heterocycles. The first-order valence-electron chi connectivity index (χ1n) is 9.43. The number of carbonyl (C=O) groups excluding carboxylic acids is 1. The average Bonchev–Trinajstić information content (AvgIpc) is 3.30. The number of nitrogens with one attached hydrogen (secondary N) is 2. The third-order valence-electron chi connectivity index (χ3n) is 4.26. The van der Waals surface area contributed by atoms with Crippen LogP contribution in [0, 0.1) is 6.92 Å². The molecule has 0 saturated carbocycles. The van der Waals surface area contributed by atoms with E-state index in [4.69, 9.17) is 9.47 Å². The molecule has 0 saturated heterocycles. The number of ether oxygens (including phenoxy) is 2. The second kappa shape index (κ2) is 8.95. The van der Waals surface area contributed by atoms with Crippen molar-refractivity contribution in [1.29, 1.82) is 0 Å². The normalized spacial score (nSPS) is 10.4. The van der Waals surface area contributed by atoms with Crippen LogP contribution in [0.1, 0.15) is 5.82 Å². The first-order valence-corrected chi connectivity index (χ1v) is 9.43. The summed E-state index contributed by atoms with van der Waals surface area (Å²) in [7, 11) is 1.55. The van der Waals surface area contributed by atoms with Crippen molar-refractivity contribution in [3.05, 3.63) is 79.1 Å². The smallest absolute Gasteiger partial charge is 0.323 e. The second-order valence-electron chi connectivity index (χ2n) is 6.49. The molecule has 0 atom stereocenters. The molecule has 2 aromatic heterocycles. The Balaban J connectivity index is 1.41. The van der Waals surface area contributed by atoms with E-state index in [0.29, 0.717) is 40.4 Å². The quantitative estimate of drug-likeness (QED) is 0.482. The molecule has 2 N–H and O–H groups in total. The van der Waals surface area contributed by atoms with Gasteiger partial charge in [-0.15, -0.1) is 0 Å². The number of hydrogen-bond acceptors (Lipinski definition) is 6. The summed E-state index contributed by atoms with van der Waals surface area (Å²) in [6, 6.07) is 15.5. The largest absolute Gasteiger partial charge is 0.495 e. The predicted octanol–water partition coefficient (Wildman–Crippen LogP) is 4.42. The Morgan fingerprint density at radius 3 is 2.58 bits per heavy atom. The first kappa shape index (κ1) is 19.9. The number of amides is 2. The zero-order valence-corrected chi connectivity index (χ0v) is 16.9. The van der Waals surface area contributed by atoms with Crippen LogP contribution in [0.5, 0.6) is 17.4 Å². The van der Waals surface area contributed by atoms with Gasteiger partial charge in [-0.25, -0.2) is 14.8 Å². The van der Waals surface area contributed by atoms with Crippen molar-refractivity contribution in [1.82, 2.24) is 19.5 Å². The van der Waals surface area contributed by atoms with E-state index < -0.39 is 0 Å². The van der Waals surface area contributed by atoms with Gasteiger partial charge in [0, 0.05) is 24.1 Å². The van der Waals surface area contributed by atoms with E-state index in [1.165, 1.54) is 0 Å². The highest BCUT2D eigenvalue weighted by Gasteiger charge is 2.09. The summed E-state index contributed by atoms with van der Waals surface area (Å²) in [5.41, 5.74) is 1.19. The molecule has 2 aromatic carbocycles. The Bertz CT molecular complexity index is 1180. The number of hydrogen-bond donors (Lipinski definition) is 2. The Hall–Kier alpha value is -4.40. The minimum absolute atomic E-state index is 0.380. The van der Waals surface area contributed by atoms with Crippen LogP contribution in [-0.4, -0.2) is 32.7 Å². The molecular weight excluding hydrogens is 396 g/mol. The van der Waals surface area contributed by atoms with Crippen molar-refractivity contribution >= 4 is 17.4 Å². The number of nitrogens with zero attached hydrogens (tertiary/aromatic N) is 4. The molecular formula is C22H20N6O3. The molecule has 4 aromatic rings. The Morgan fingerprint density at radius 1 is 1.03 bits per heavy atom. The van der Waals surface area contributed by atoms with Gasteiger partial charge < -0.3 is 20.1 Å². The van der Waals surface area contributed by atoms with E-state index in [-0.39, 0.29) is 6.03 Å². The van der Waals surface area contributed by atoms with Gasteiger partial charge in [-0.05, 0) is 43.3 Å². The van der Waals surface area contributed by atoms with Crippen LogP contribution in [0.2, 0.25) is 0 Å². The number of aromatic nitrogens is 4. The predicted molar refractivity (Wildman–Crippen MR) is 116 cm³/mol. The van der Waals surface area contributed by atoms with Crippen molar-refractivity contribution < 1.29 is 14.3 Å². The van der Waals surface area contributed by atoms with Crippen LogP contribution in [0.25, 0.3) is 5.82 Å². The van der Waals surface area contributed by atoms with E-state index in [0.717, 1.165) is 0 Å². The SMILES string of the molecule is COc1ccccc1NC(=O)Nc1ccc(Oc2cc(-n3ccnc3)nc(C)n2)cc1. The number of imidazole rings is 1. The van der Waals surface area contributed by atoms with E-state index in [9.17, 15) is 4.79 Å². The molecule has 0 spiro atoms. The molecule has 9 heteroatoms. The third-order valence-corrected chi connectivity index (χ3v) is 4.26. The maximum Gasteiger partial charge on any atom is 0.323 e. The summed E-state index contributed by atoms with van der Waals surface area (Å²) < 4.78 is 12.9. The summed E-state index contributed by atoms with van der Waals surface area (Å²) in [5.74, 6) is 2.80. The van der Waals surface area contributed by atoms with Crippen LogP contribution in [-0.2, 0) is 0 Å². The van der Waals surface area contributed by atoms with Crippen LogP contribution >= 0.6 is 0 Å². The van der Waals surface area contributed by atoms with Crippen molar-refractivity contribution in [2.45, 2.75) is 6.92 Å². The number of methoxy groups -OCH3 is 1. The van der Waals surface area contributed by atoms with Gasteiger partial charge >= 0.3 is 6.03 Å². The summed E-state index contributed by atoms with van der Waals surface area (Å²) in [5, 5.41) is 5.53. The average molecular weight is 416 g/mol. The van der Waals surface area contributed by atoms with Crippen molar-refractivity contribution in [2.75, 3.05) is 17.7 Å². The van der Waals surface area contributed by atoms with Crippen molar-refractivity contribution in [3.63, 3.8) is 0 Å². The Labute approximate surface area is 178 Å². The highest BCUT2D eigenvalue weighted by atomic mass is 16.5. The number of rotatable bonds is 6. The number of para-hydroxylation sites is 2. The molecule has 0 unspecified atom stereocenters. The molecule has 0 radical (unpaired) electrons. The van der Waals surface area contributed by atoms with E-state index >= 15 is 0 Å². The fraction of sp³-hybridized carbons (Fsp3) is 0.0909. The van der Waals surface area contributed by atoms with Crippen molar-refractivity contribution in [2.24, 2.45) is 0 Å². The highest BCUT2D eigenvalue weighted by molar-refractivity contribution is 6.00. The lowest BCUT2D eigenvalue weighted by Gasteiger charge is -2.11. The second-order valence-corrected chi connectivity index (χ2v) is 6.49. The standard InChI is InChI=1S/C22H20N6O3/c1-15-24-20(28-12-11-23-14-28)13-21(25-15)31-17-9-7-16(8-10-17)26-22(29)27-18-5-3-4-6-19(18)30-2/h3-14H,1-2H3,(H2,26,27,29). The van der Waals surface area contributed by atoms with E-state index in [2.05, 4.69) is 25.6 Å². The molecule has 31 heavy (non-hydrogen) atoms. The summed E-state index contributed by atoms with van der Waals surface area (Å²) in [4.78, 5) is 25.0. The molecule has 0 fully saturated rings. The fourth-order valence-corrected chi connectivity index (χ4v) is 2.86. The molecule has 0 aliphatic rings. The Kier molecular flexibility index (Phi) is 5.75. The minimum atomic E-state index is -0.380. The van der Waals surface area contributed by atoms with Gasteiger partial charge in [0.2, 0.25) is 5.88 Å². The van der Waals surface area contributed by atoms with Gasteiger partial charge in [-0.1, -0.05) is 12.1 Å². The fourth-order valence-electron chi connectivity index (χ4n) is 2.86. The van der Waals surface area contributed by atoms with Crippen molar-refractivity contribution in [3.8, 4) is 23.2 Å². The maximum atomic E-state index is 12.3. The van der Waals surface area contributed by atoms with Gasteiger partial charge in [-0.3, -0.25) is 4.57 Å². The number of benzene rings is 2. The summed E-state index contributed by atoms with van der Waals surface area (Å²) >= 11 is 0. The lowest BCUT2D eigenvalue weighted by atomic mass is 10.3. The van der Waals surface area contributed by atoms with Gasteiger partial charge in [0.25, 0.3) is 0 Å². The van der Waals surface area contributed by atoms with Gasteiger partial charge in [0.1, 0.15) is 29.5 Å². The molecule has 0 aliphatic carbocycles.